The van der Waals surface area contributed by atoms with E-state index in [9.17, 15) is 18.8 Å². The van der Waals surface area contributed by atoms with Crippen LogP contribution in [0.3, 0.4) is 0 Å². The highest BCUT2D eigenvalue weighted by Crippen LogP contribution is 2.47. The number of ether oxygens (including phenoxy) is 1. The van der Waals surface area contributed by atoms with E-state index >= 15 is 0 Å². The molecule has 2 N–H and O–H groups in total. The first kappa shape index (κ1) is 29.0. The first-order valence-electron chi connectivity index (χ1n) is 14.2. The van der Waals surface area contributed by atoms with Crippen LogP contribution >= 0.6 is 0 Å². The number of rotatable bonds is 7. The highest BCUT2D eigenvalue weighted by molar-refractivity contribution is 5.95. The summed E-state index contributed by atoms with van der Waals surface area (Å²) in [6, 6.07) is 15.5. The smallest absolute Gasteiger partial charge is 0.410 e. The zero-order chi connectivity index (χ0) is 29.9. The van der Waals surface area contributed by atoms with Crippen LogP contribution in [0.2, 0.25) is 0 Å². The summed E-state index contributed by atoms with van der Waals surface area (Å²) in [5.74, 6) is -0.972. The molecule has 220 valence electrons. The van der Waals surface area contributed by atoms with Crippen molar-refractivity contribution in [1.29, 1.82) is 0 Å². The lowest BCUT2D eigenvalue weighted by Crippen LogP contribution is -2.50. The SMILES string of the molecule is CC(C)(C)OC(=O)N1CCN(c2ccc(C(=O)NCc3ccc(NC(=O)C4CC4c4cccnc4)cc3F)cc2)CC1. The Balaban J connectivity index is 1.08. The summed E-state index contributed by atoms with van der Waals surface area (Å²) in [7, 11) is 0. The Morgan fingerprint density at radius 2 is 1.76 bits per heavy atom. The Labute approximate surface area is 245 Å². The minimum absolute atomic E-state index is 0.0129. The Morgan fingerprint density at radius 1 is 1.02 bits per heavy atom. The molecule has 3 aromatic rings. The molecular formula is C32H36FN5O4. The van der Waals surface area contributed by atoms with Crippen molar-refractivity contribution in [3.05, 3.63) is 89.5 Å². The highest BCUT2D eigenvalue weighted by Gasteiger charge is 2.44. The lowest BCUT2D eigenvalue weighted by Gasteiger charge is -2.36. The molecule has 10 heteroatoms. The van der Waals surface area contributed by atoms with Crippen LogP contribution in [-0.2, 0) is 16.1 Å². The second kappa shape index (κ2) is 12.2. The molecule has 2 fully saturated rings. The zero-order valence-corrected chi connectivity index (χ0v) is 24.1. The fourth-order valence-electron chi connectivity index (χ4n) is 5.03. The van der Waals surface area contributed by atoms with Gasteiger partial charge in [-0.15, -0.1) is 0 Å². The molecule has 1 aliphatic heterocycles. The summed E-state index contributed by atoms with van der Waals surface area (Å²) in [4.78, 5) is 45.6. The summed E-state index contributed by atoms with van der Waals surface area (Å²) in [6.07, 6.45) is 3.91. The van der Waals surface area contributed by atoms with Crippen molar-refractivity contribution in [3.63, 3.8) is 0 Å². The number of nitrogens with zero attached hydrogens (tertiary/aromatic N) is 3. The first-order chi connectivity index (χ1) is 20.1. The maximum Gasteiger partial charge on any atom is 0.410 e. The summed E-state index contributed by atoms with van der Waals surface area (Å²) in [5, 5.41) is 5.56. The van der Waals surface area contributed by atoms with E-state index in [2.05, 4.69) is 20.5 Å². The van der Waals surface area contributed by atoms with Crippen LogP contribution in [0.25, 0.3) is 0 Å². The molecule has 42 heavy (non-hydrogen) atoms. The topological polar surface area (TPSA) is 104 Å². The Bertz CT molecular complexity index is 1430. The van der Waals surface area contributed by atoms with E-state index in [0.29, 0.717) is 43.0 Å². The maximum absolute atomic E-state index is 14.8. The molecular weight excluding hydrogens is 537 g/mol. The molecule has 0 bridgehead atoms. The number of carbonyl (C=O) groups is 3. The molecule has 1 aromatic heterocycles. The Hall–Kier alpha value is -4.47. The fraction of sp³-hybridized carbons (Fsp3) is 0.375. The van der Waals surface area contributed by atoms with Gasteiger partial charge in [0.1, 0.15) is 11.4 Å². The average Bonchev–Trinajstić information content (AvgIpc) is 3.78. The van der Waals surface area contributed by atoms with E-state index < -0.39 is 11.4 Å². The van der Waals surface area contributed by atoms with E-state index in [0.717, 1.165) is 17.7 Å². The molecule has 2 aromatic carbocycles. The number of halogens is 1. The molecule has 5 rings (SSSR count). The van der Waals surface area contributed by atoms with Crippen molar-refractivity contribution in [2.45, 2.75) is 45.3 Å². The number of nitrogens with one attached hydrogen (secondary N) is 2. The molecule has 2 aliphatic rings. The summed E-state index contributed by atoms with van der Waals surface area (Å²) in [6.45, 7) is 7.98. The van der Waals surface area contributed by atoms with E-state index in [1.165, 1.54) is 6.07 Å². The van der Waals surface area contributed by atoms with Gasteiger partial charge in [-0.05, 0) is 81.1 Å². The average molecular weight is 574 g/mol. The van der Waals surface area contributed by atoms with Crippen molar-refractivity contribution in [3.8, 4) is 0 Å². The number of amides is 3. The van der Waals surface area contributed by atoms with Gasteiger partial charge in [0, 0.05) is 73.5 Å². The summed E-state index contributed by atoms with van der Waals surface area (Å²) >= 11 is 0. The predicted octanol–water partition coefficient (Wildman–Crippen LogP) is 4.95. The lowest BCUT2D eigenvalue weighted by molar-refractivity contribution is -0.117. The maximum atomic E-state index is 14.8. The van der Waals surface area contributed by atoms with Gasteiger partial charge < -0.3 is 25.2 Å². The zero-order valence-electron chi connectivity index (χ0n) is 24.1. The van der Waals surface area contributed by atoms with Crippen LogP contribution in [0.1, 0.15) is 54.6 Å². The number of hydrogen-bond donors (Lipinski definition) is 2. The predicted molar refractivity (Wildman–Crippen MR) is 158 cm³/mol. The van der Waals surface area contributed by atoms with E-state index in [4.69, 9.17) is 4.74 Å². The number of carbonyl (C=O) groups excluding carboxylic acids is 3. The largest absolute Gasteiger partial charge is 0.444 e. The van der Waals surface area contributed by atoms with Gasteiger partial charge in [-0.2, -0.15) is 0 Å². The van der Waals surface area contributed by atoms with Gasteiger partial charge in [0.2, 0.25) is 5.91 Å². The number of benzene rings is 2. The van der Waals surface area contributed by atoms with Crippen molar-refractivity contribution in [1.82, 2.24) is 15.2 Å². The van der Waals surface area contributed by atoms with Gasteiger partial charge in [-0.3, -0.25) is 14.6 Å². The third kappa shape index (κ3) is 7.23. The highest BCUT2D eigenvalue weighted by atomic mass is 19.1. The Morgan fingerprint density at radius 3 is 2.40 bits per heavy atom. The molecule has 0 spiro atoms. The lowest BCUT2D eigenvalue weighted by atomic mass is 10.1. The number of anilines is 2. The number of hydrogen-bond acceptors (Lipinski definition) is 6. The molecule has 9 nitrogen and oxygen atoms in total. The number of piperazine rings is 1. The molecule has 1 saturated carbocycles. The molecule has 2 atom stereocenters. The van der Waals surface area contributed by atoms with Gasteiger partial charge in [0.15, 0.2) is 0 Å². The molecule has 2 heterocycles. The second-order valence-electron chi connectivity index (χ2n) is 11.7. The Kier molecular flexibility index (Phi) is 8.42. The van der Waals surface area contributed by atoms with Gasteiger partial charge in [0.25, 0.3) is 5.91 Å². The minimum atomic E-state index is -0.529. The van der Waals surface area contributed by atoms with Gasteiger partial charge >= 0.3 is 6.09 Å². The summed E-state index contributed by atoms with van der Waals surface area (Å²) < 4.78 is 20.2. The quantitative estimate of drug-likeness (QED) is 0.415. The summed E-state index contributed by atoms with van der Waals surface area (Å²) in [5.41, 5.74) is 2.62. The molecule has 1 saturated heterocycles. The van der Waals surface area contributed by atoms with E-state index in [1.54, 1.807) is 41.6 Å². The molecule has 1 aliphatic carbocycles. The second-order valence-corrected chi connectivity index (χ2v) is 11.7. The van der Waals surface area contributed by atoms with Crippen molar-refractivity contribution in [2.75, 3.05) is 36.4 Å². The van der Waals surface area contributed by atoms with Crippen molar-refractivity contribution >= 4 is 29.3 Å². The van der Waals surface area contributed by atoms with Crippen LogP contribution in [0.15, 0.2) is 67.0 Å². The number of aromatic nitrogens is 1. The molecule has 2 unspecified atom stereocenters. The first-order valence-corrected chi connectivity index (χ1v) is 14.2. The third-order valence-electron chi connectivity index (χ3n) is 7.43. The normalized spacial score (nSPS) is 18.3. The van der Waals surface area contributed by atoms with Crippen LogP contribution in [0.4, 0.5) is 20.6 Å². The minimum Gasteiger partial charge on any atom is -0.444 e. The standard InChI is InChI=1S/C32H36FN5O4/c1-32(2,3)42-31(41)38-15-13-37(14-16-38)25-10-7-21(8-11-25)29(39)35-20-23-6-9-24(17-28(23)33)36-30(40)27-18-26(27)22-5-4-12-34-19-22/h4-12,17,19,26-27H,13-16,18,20H2,1-3H3,(H,35,39)(H,36,40). The van der Waals surface area contributed by atoms with Crippen LogP contribution in [0, 0.1) is 11.7 Å². The van der Waals surface area contributed by atoms with Crippen molar-refractivity contribution in [2.24, 2.45) is 5.92 Å². The van der Waals surface area contributed by atoms with Gasteiger partial charge in [-0.1, -0.05) is 12.1 Å². The number of pyridine rings is 1. The third-order valence-corrected chi connectivity index (χ3v) is 7.43. The monoisotopic (exact) mass is 573 g/mol. The van der Waals surface area contributed by atoms with Crippen LogP contribution < -0.4 is 15.5 Å². The van der Waals surface area contributed by atoms with E-state index in [1.807, 2.05) is 45.0 Å². The van der Waals surface area contributed by atoms with Crippen LogP contribution in [-0.4, -0.2) is 59.6 Å². The molecule has 0 radical (unpaired) electrons. The van der Waals surface area contributed by atoms with Gasteiger partial charge in [-0.25, -0.2) is 9.18 Å². The van der Waals surface area contributed by atoms with Crippen molar-refractivity contribution < 1.29 is 23.5 Å². The van der Waals surface area contributed by atoms with Crippen LogP contribution in [0.5, 0.6) is 0 Å². The van der Waals surface area contributed by atoms with E-state index in [-0.39, 0.29) is 36.3 Å². The molecule has 3 amide bonds. The van der Waals surface area contributed by atoms with Gasteiger partial charge in [0.05, 0.1) is 0 Å². The fourth-order valence-corrected chi connectivity index (χ4v) is 5.03.